The molecule has 0 saturated carbocycles. The molecule has 0 fully saturated rings. The number of aryl methyl sites for hydroxylation is 1. The molecule has 0 aliphatic heterocycles. The van der Waals surface area contributed by atoms with Crippen LogP contribution in [0.25, 0.3) is 0 Å². The molecule has 6 heteroatoms. The Hall–Kier alpha value is -2.16. The van der Waals surface area contributed by atoms with Gasteiger partial charge in [0.15, 0.2) is 0 Å². The van der Waals surface area contributed by atoms with Gasteiger partial charge in [0, 0.05) is 0 Å². The van der Waals surface area contributed by atoms with E-state index in [4.69, 9.17) is 5.26 Å². The first-order valence-corrected chi connectivity index (χ1v) is 5.13. The van der Waals surface area contributed by atoms with E-state index >= 15 is 0 Å². The van der Waals surface area contributed by atoms with Gasteiger partial charge in [-0.3, -0.25) is 0 Å². The molecule has 0 atom stereocenters. The monoisotopic (exact) mass is 255 g/mol. The number of nitriles is 1. The SMILES string of the molecule is CCc1cc(OC(F)F)c(C#N)c(C(=O)OC)c1. The number of benzene rings is 1. The van der Waals surface area contributed by atoms with E-state index in [0.29, 0.717) is 12.0 Å². The van der Waals surface area contributed by atoms with Crippen LogP contribution in [0.1, 0.15) is 28.4 Å². The number of nitrogens with zero attached hydrogens (tertiary/aromatic N) is 1. The molecule has 0 N–H and O–H groups in total. The zero-order valence-electron chi connectivity index (χ0n) is 9.87. The minimum atomic E-state index is -3.06. The Morgan fingerprint density at radius 2 is 2.17 bits per heavy atom. The molecule has 0 radical (unpaired) electrons. The summed E-state index contributed by atoms with van der Waals surface area (Å²) in [6, 6.07) is 4.43. The third-order valence-corrected chi connectivity index (χ3v) is 2.30. The van der Waals surface area contributed by atoms with Gasteiger partial charge < -0.3 is 9.47 Å². The molecular weight excluding hydrogens is 244 g/mol. The maximum absolute atomic E-state index is 12.2. The van der Waals surface area contributed by atoms with Gasteiger partial charge in [0.25, 0.3) is 0 Å². The summed E-state index contributed by atoms with van der Waals surface area (Å²) in [7, 11) is 1.15. The number of carbonyl (C=O) groups is 1. The minimum absolute atomic E-state index is 0.0741. The predicted octanol–water partition coefficient (Wildman–Crippen LogP) is 2.51. The normalized spacial score (nSPS) is 10.0. The summed E-state index contributed by atoms with van der Waals surface area (Å²) in [6.45, 7) is -1.27. The van der Waals surface area contributed by atoms with Crippen LogP contribution in [-0.4, -0.2) is 19.7 Å². The van der Waals surface area contributed by atoms with Gasteiger partial charge in [-0.15, -0.1) is 0 Å². The van der Waals surface area contributed by atoms with Crippen LogP contribution in [0.15, 0.2) is 12.1 Å². The molecule has 18 heavy (non-hydrogen) atoms. The van der Waals surface area contributed by atoms with Crippen LogP contribution in [0.4, 0.5) is 8.78 Å². The molecule has 4 nitrogen and oxygen atoms in total. The minimum Gasteiger partial charge on any atom is -0.465 e. The van der Waals surface area contributed by atoms with Crippen molar-refractivity contribution in [2.24, 2.45) is 0 Å². The van der Waals surface area contributed by atoms with Gasteiger partial charge in [0.2, 0.25) is 0 Å². The average Bonchev–Trinajstić information content (AvgIpc) is 2.36. The second-order valence-electron chi connectivity index (χ2n) is 3.35. The summed E-state index contributed by atoms with van der Waals surface area (Å²) in [5.41, 5.74) is 0.277. The molecule has 0 heterocycles. The van der Waals surface area contributed by atoms with Crippen LogP contribution in [0.5, 0.6) is 5.75 Å². The molecular formula is C12H11F2NO3. The van der Waals surface area contributed by atoms with E-state index in [1.165, 1.54) is 12.1 Å². The van der Waals surface area contributed by atoms with Crippen LogP contribution in [0, 0.1) is 11.3 Å². The highest BCUT2D eigenvalue weighted by molar-refractivity contribution is 5.93. The van der Waals surface area contributed by atoms with Crippen molar-refractivity contribution >= 4 is 5.97 Å². The van der Waals surface area contributed by atoms with Gasteiger partial charge in [-0.2, -0.15) is 14.0 Å². The van der Waals surface area contributed by atoms with Gasteiger partial charge in [0.1, 0.15) is 17.4 Å². The average molecular weight is 255 g/mol. The maximum Gasteiger partial charge on any atom is 0.387 e. The van der Waals surface area contributed by atoms with Gasteiger partial charge in [-0.25, -0.2) is 4.79 Å². The van der Waals surface area contributed by atoms with Gasteiger partial charge >= 0.3 is 12.6 Å². The van der Waals surface area contributed by atoms with Crippen molar-refractivity contribution in [1.82, 2.24) is 0 Å². The van der Waals surface area contributed by atoms with Crippen molar-refractivity contribution in [3.63, 3.8) is 0 Å². The molecule has 0 bridgehead atoms. The van der Waals surface area contributed by atoms with Crippen LogP contribution < -0.4 is 4.74 Å². The Balaban J connectivity index is 3.40. The molecule has 1 rings (SSSR count). The molecule has 96 valence electrons. The lowest BCUT2D eigenvalue weighted by atomic mass is 10.0. The van der Waals surface area contributed by atoms with Gasteiger partial charge in [-0.1, -0.05) is 6.92 Å². The number of ether oxygens (including phenoxy) is 2. The van der Waals surface area contributed by atoms with Crippen LogP contribution in [-0.2, 0) is 11.2 Å². The molecule has 0 unspecified atom stereocenters. The van der Waals surface area contributed by atoms with Crippen LogP contribution >= 0.6 is 0 Å². The van der Waals surface area contributed by atoms with Gasteiger partial charge in [0.05, 0.1) is 12.7 Å². The Labute approximate surface area is 103 Å². The topological polar surface area (TPSA) is 59.3 Å². The summed E-state index contributed by atoms with van der Waals surface area (Å²) in [5, 5.41) is 8.94. The fourth-order valence-corrected chi connectivity index (χ4v) is 1.45. The first-order valence-electron chi connectivity index (χ1n) is 5.13. The first-order chi connectivity index (χ1) is 8.53. The summed E-state index contributed by atoms with van der Waals surface area (Å²) in [6.07, 6.45) is 0.509. The Morgan fingerprint density at radius 3 is 2.61 bits per heavy atom. The highest BCUT2D eigenvalue weighted by Gasteiger charge is 2.20. The third kappa shape index (κ3) is 2.94. The maximum atomic E-state index is 12.2. The summed E-state index contributed by atoms with van der Waals surface area (Å²) >= 11 is 0. The van der Waals surface area contributed by atoms with Crippen molar-refractivity contribution in [2.45, 2.75) is 20.0 Å². The summed E-state index contributed by atoms with van der Waals surface area (Å²) < 4.78 is 33.2. The number of alkyl halides is 2. The molecule has 1 aromatic rings. The van der Waals surface area contributed by atoms with E-state index in [1.54, 1.807) is 13.0 Å². The Kier molecular flexibility index (Phi) is 4.60. The Morgan fingerprint density at radius 1 is 1.50 bits per heavy atom. The number of halogens is 2. The van der Waals surface area contributed by atoms with Crippen LogP contribution in [0.2, 0.25) is 0 Å². The molecule has 0 saturated heterocycles. The fourth-order valence-electron chi connectivity index (χ4n) is 1.45. The molecule has 0 aliphatic rings. The lowest BCUT2D eigenvalue weighted by Crippen LogP contribution is -2.10. The zero-order valence-corrected chi connectivity index (χ0v) is 9.87. The fraction of sp³-hybridized carbons (Fsp3) is 0.333. The van der Waals surface area contributed by atoms with Crippen LogP contribution in [0.3, 0.4) is 0 Å². The quantitative estimate of drug-likeness (QED) is 0.775. The largest absolute Gasteiger partial charge is 0.465 e. The lowest BCUT2D eigenvalue weighted by molar-refractivity contribution is -0.0501. The summed E-state index contributed by atoms with van der Waals surface area (Å²) in [4.78, 5) is 11.5. The summed E-state index contributed by atoms with van der Waals surface area (Å²) in [5.74, 6) is -1.08. The molecule has 1 aromatic carbocycles. The number of hydrogen-bond acceptors (Lipinski definition) is 4. The highest BCUT2D eigenvalue weighted by atomic mass is 19.3. The number of rotatable bonds is 4. The number of hydrogen-bond donors (Lipinski definition) is 0. The molecule has 0 spiro atoms. The highest BCUT2D eigenvalue weighted by Crippen LogP contribution is 2.26. The smallest absolute Gasteiger partial charge is 0.387 e. The molecule has 0 aliphatic carbocycles. The van der Waals surface area contributed by atoms with E-state index in [1.807, 2.05) is 0 Å². The second-order valence-corrected chi connectivity index (χ2v) is 3.35. The predicted molar refractivity (Wildman–Crippen MR) is 58.5 cm³/mol. The Bertz CT molecular complexity index is 495. The van der Waals surface area contributed by atoms with Gasteiger partial charge in [-0.05, 0) is 24.1 Å². The van der Waals surface area contributed by atoms with Crippen molar-refractivity contribution in [1.29, 1.82) is 5.26 Å². The van der Waals surface area contributed by atoms with E-state index in [-0.39, 0.29) is 16.9 Å². The molecule has 0 amide bonds. The second kappa shape index (κ2) is 5.96. The number of esters is 1. The standard InChI is InChI=1S/C12H11F2NO3/c1-3-7-4-8(11(16)17-2)9(6-15)10(5-7)18-12(13)14/h4-5,12H,3H2,1-2H3. The van der Waals surface area contributed by atoms with E-state index in [0.717, 1.165) is 7.11 Å². The molecule has 0 aromatic heterocycles. The van der Waals surface area contributed by atoms with Crippen molar-refractivity contribution in [3.05, 3.63) is 28.8 Å². The number of carbonyl (C=O) groups excluding carboxylic acids is 1. The van der Waals surface area contributed by atoms with E-state index in [9.17, 15) is 13.6 Å². The van der Waals surface area contributed by atoms with E-state index < -0.39 is 12.6 Å². The number of methoxy groups -OCH3 is 1. The zero-order chi connectivity index (χ0) is 13.7. The lowest BCUT2D eigenvalue weighted by Gasteiger charge is -2.11. The first kappa shape index (κ1) is 13.9. The van der Waals surface area contributed by atoms with Crippen molar-refractivity contribution < 1.29 is 23.0 Å². The van der Waals surface area contributed by atoms with Crippen molar-refractivity contribution in [3.8, 4) is 11.8 Å². The van der Waals surface area contributed by atoms with E-state index in [2.05, 4.69) is 9.47 Å². The van der Waals surface area contributed by atoms with Crippen molar-refractivity contribution in [2.75, 3.05) is 7.11 Å². The third-order valence-electron chi connectivity index (χ3n) is 2.30.